The molecule has 162 valence electrons. The monoisotopic (exact) mass is 429 g/mol. The summed E-state index contributed by atoms with van der Waals surface area (Å²) >= 11 is 5.90. The number of aryl methyl sites for hydroxylation is 1. The maximum Gasteiger partial charge on any atom is 0.263 e. The molecular formula is C24H32ClN3O2. The predicted molar refractivity (Wildman–Crippen MR) is 124 cm³/mol. The fourth-order valence-electron chi connectivity index (χ4n) is 3.62. The van der Waals surface area contributed by atoms with Gasteiger partial charge in [0.25, 0.3) is 5.91 Å². The topological polar surface area (TPSA) is 44.8 Å². The molecule has 30 heavy (non-hydrogen) atoms. The van der Waals surface area contributed by atoms with Crippen molar-refractivity contribution in [2.45, 2.75) is 32.8 Å². The second-order valence-corrected chi connectivity index (χ2v) is 8.78. The molecule has 1 saturated heterocycles. The van der Waals surface area contributed by atoms with E-state index in [-0.39, 0.29) is 5.91 Å². The molecule has 1 heterocycles. The van der Waals surface area contributed by atoms with Crippen LogP contribution in [0, 0.1) is 6.92 Å². The third-order valence-electron chi connectivity index (χ3n) is 5.41. The van der Waals surface area contributed by atoms with Crippen molar-refractivity contribution in [3.63, 3.8) is 0 Å². The van der Waals surface area contributed by atoms with Gasteiger partial charge in [-0.2, -0.15) is 0 Å². The van der Waals surface area contributed by atoms with Gasteiger partial charge >= 0.3 is 0 Å². The smallest absolute Gasteiger partial charge is 0.263 e. The summed E-state index contributed by atoms with van der Waals surface area (Å²) in [4.78, 5) is 17.4. The average Bonchev–Trinajstić information content (AvgIpc) is 2.73. The Balaban J connectivity index is 1.35. The molecule has 2 aromatic rings. The van der Waals surface area contributed by atoms with E-state index in [0.29, 0.717) is 17.3 Å². The molecule has 5 nitrogen and oxygen atoms in total. The van der Waals surface area contributed by atoms with Gasteiger partial charge in [0.1, 0.15) is 5.75 Å². The van der Waals surface area contributed by atoms with Gasteiger partial charge < -0.3 is 15.0 Å². The summed E-state index contributed by atoms with van der Waals surface area (Å²) in [5.74, 6) is 0.521. The zero-order valence-corrected chi connectivity index (χ0v) is 18.9. The third kappa shape index (κ3) is 6.38. The van der Waals surface area contributed by atoms with Crippen LogP contribution >= 0.6 is 11.6 Å². The van der Waals surface area contributed by atoms with E-state index in [1.165, 1.54) is 11.3 Å². The van der Waals surface area contributed by atoms with Crippen molar-refractivity contribution in [1.82, 2.24) is 10.2 Å². The van der Waals surface area contributed by atoms with Crippen molar-refractivity contribution in [1.29, 1.82) is 0 Å². The van der Waals surface area contributed by atoms with Crippen LogP contribution < -0.4 is 15.0 Å². The van der Waals surface area contributed by atoms with E-state index < -0.39 is 5.60 Å². The first-order valence-electron chi connectivity index (χ1n) is 10.6. The Hall–Kier alpha value is -2.24. The molecule has 1 fully saturated rings. The molecule has 1 amide bonds. The van der Waals surface area contributed by atoms with Gasteiger partial charge in [-0.05, 0) is 75.7 Å². The zero-order chi connectivity index (χ0) is 21.6. The molecule has 0 bridgehead atoms. The Morgan fingerprint density at radius 3 is 2.47 bits per heavy atom. The highest BCUT2D eigenvalue weighted by Crippen LogP contribution is 2.21. The average molecular weight is 430 g/mol. The van der Waals surface area contributed by atoms with Gasteiger partial charge in [0.05, 0.1) is 0 Å². The molecule has 0 spiro atoms. The lowest BCUT2D eigenvalue weighted by molar-refractivity contribution is -0.134. The van der Waals surface area contributed by atoms with Crippen LogP contribution in [-0.2, 0) is 4.79 Å². The molecule has 0 aliphatic carbocycles. The maximum absolute atomic E-state index is 12.5. The first kappa shape index (κ1) is 22.4. The highest BCUT2D eigenvalue weighted by atomic mass is 35.5. The molecule has 0 saturated carbocycles. The molecule has 2 aromatic carbocycles. The quantitative estimate of drug-likeness (QED) is 0.641. The van der Waals surface area contributed by atoms with Gasteiger partial charge in [-0.1, -0.05) is 23.7 Å². The van der Waals surface area contributed by atoms with Crippen molar-refractivity contribution in [2.24, 2.45) is 0 Å². The summed E-state index contributed by atoms with van der Waals surface area (Å²) in [7, 11) is 0. The summed E-state index contributed by atoms with van der Waals surface area (Å²) < 4.78 is 5.84. The van der Waals surface area contributed by atoms with E-state index in [9.17, 15) is 4.79 Å². The van der Waals surface area contributed by atoms with E-state index >= 15 is 0 Å². The number of hydrogen-bond donors (Lipinski definition) is 1. The van der Waals surface area contributed by atoms with E-state index in [0.717, 1.165) is 39.1 Å². The number of piperazine rings is 1. The number of ether oxygens (including phenoxy) is 1. The number of nitrogens with one attached hydrogen (secondary N) is 1. The third-order valence-corrected chi connectivity index (χ3v) is 5.66. The number of rotatable bonds is 8. The Labute approximate surface area is 185 Å². The summed E-state index contributed by atoms with van der Waals surface area (Å²) in [6, 6.07) is 15.7. The van der Waals surface area contributed by atoms with Crippen LogP contribution in [-0.4, -0.2) is 55.7 Å². The fourth-order valence-corrected chi connectivity index (χ4v) is 3.74. The van der Waals surface area contributed by atoms with E-state index in [1.807, 2.05) is 0 Å². The molecular weight excluding hydrogens is 398 g/mol. The summed E-state index contributed by atoms with van der Waals surface area (Å²) in [6.07, 6.45) is 0.924. The maximum atomic E-state index is 12.5. The second-order valence-electron chi connectivity index (χ2n) is 8.34. The lowest BCUT2D eigenvalue weighted by Crippen LogP contribution is -2.48. The Morgan fingerprint density at radius 1 is 1.10 bits per heavy atom. The number of anilines is 1. The molecule has 0 aromatic heterocycles. The Bertz CT molecular complexity index is 831. The van der Waals surface area contributed by atoms with Crippen LogP contribution in [0.5, 0.6) is 5.75 Å². The van der Waals surface area contributed by atoms with Gasteiger partial charge in [0.15, 0.2) is 5.60 Å². The van der Waals surface area contributed by atoms with Crippen molar-refractivity contribution < 1.29 is 9.53 Å². The van der Waals surface area contributed by atoms with Crippen LogP contribution in [0.4, 0.5) is 5.69 Å². The van der Waals surface area contributed by atoms with Crippen molar-refractivity contribution >= 4 is 23.2 Å². The van der Waals surface area contributed by atoms with Gasteiger partial charge in [0, 0.05) is 43.4 Å². The molecule has 0 unspecified atom stereocenters. The van der Waals surface area contributed by atoms with Gasteiger partial charge in [-0.25, -0.2) is 0 Å². The number of nitrogens with zero attached hydrogens (tertiary/aromatic N) is 2. The van der Waals surface area contributed by atoms with Gasteiger partial charge in [0.2, 0.25) is 0 Å². The lowest BCUT2D eigenvalue weighted by atomic mass is 10.1. The highest BCUT2D eigenvalue weighted by molar-refractivity contribution is 6.30. The summed E-state index contributed by atoms with van der Waals surface area (Å²) in [5, 5.41) is 3.65. The van der Waals surface area contributed by atoms with E-state index in [2.05, 4.69) is 46.3 Å². The first-order chi connectivity index (χ1) is 14.3. The summed E-state index contributed by atoms with van der Waals surface area (Å²) in [5.41, 5.74) is 1.67. The summed E-state index contributed by atoms with van der Waals surface area (Å²) in [6.45, 7) is 11.5. The van der Waals surface area contributed by atoms with E-state index in [1.54, 1.807) is 38.1 Å². The van der Waals surface area contributed by atoms with Gasteiger partial charge in [-0.15, -0.1) is 0 Å². The molecule has 6 heteroatoms. The van der Waals surface area contributed by atoms with Crippen LogP contribution in [0.15, 0.2) is 48.5 Å². The number of amides is 1. The molecule has 1 aliphatic heterocycles. The number of hydrogen-bond acceptors (Lipinski definition) is 4. The number of halogens is 1. The van der Waals surface area contributed by atoms with Gasteiger partial charge in [-0.3, -0.25) is 9.69 Å². The van der Waals surface area contributed by atoms with Crippen LogP contribution in [0.25, 0.3) is 0 Å². The molecule has 1 N–H and O–H groups in total. The second kappa shape index (κ2) is 10.2. The van der Waals surface area contributed by atoms with Crippen LogP contribution in [0.3, 0.4) is 0 Å². The van der Waals surface area contributed by atoms with Crippen molar-refractivity contribution in [2.75, 3.05) is 44.2 Å². The first-order valence-corrected chi connectivity index (χ1v) is 11.0. The standard InChI is InChI=1S/C24H32ClN3O2/c1-19-6-4-7-21(18-19)28-16-14-27(15-17-28)13-5-12-26-23(29)24(2,3)30-22-10-8-20(25)9-11-22/h4,6-11,18H,5,12-17H2,1-3H3,(H,26,29). The van der Waals surface area contributed by atoms with Crippen LogP contribution in [0.1, 0.15) is 25.8 Å². The number of carbonyl (C=O) groups excluding carboxylic acids is 1. The van der Waals surface area contributed by atoms with Crippen molar-refractivity contribution in [3.05, 3.63) is 59.1 Å². The zero-order valence-electron chi connectivity index (χ0n) is 18.2. The number of benzene rings is 2. The predicted octanol–water partition coefficient (Wildman–Crippen LogP) is 4.13. The van der Waals surface area contributed by atoms with Crippen molar-refractivity contribution in [3.8, 4) is 5.75 Å². The normalized spacial score (nSPS) is 15.1. The SMILES string of the molecule is Cc1cccc(N2CCN(CCCNC(=O)C(C)(C)Oc3ccc(Cl)cc3)CC2)c1. The van der Waals surface area contributed by atoms with Crippen LogP contribution in [0.2, 0.25) is 5.02 Å². The Kier molecular flexibility index (Phi) is 7.62. The minimum atomic E-state index is -0.937. The Morgan fingerprint density at radius 2 is 1.80 bits per heavy atom. The number of carbonyl (C=O) groups is 1. The molecule has 1 aliphatic rings. The largest absolute Gasteiger partial charge is 0.478 e. The molecule has 3 rings (SSSR count). The molecule has 0 radical (unpaired) electrons. The minimum Gasteiger partial charge on any atom is -0.478 e. The fraction of sp³-hybridized carbons (Fsp3) is 0.458. The van der Waals surface area contributed by atoms with E-state index in [4.69, 9.17) is 16.3 Å². The highest BCUT2D eigenvalue weighted by Gasteiger charge is 2.29. The minimum absolute atomic E-state index is 0.110. The molecule has 0 atom stereocenters. The lowest BCUT2D eigenvalue weighted by Gasteiger charge is -2.36.